The van der Waals surface area contributed by atoms with E-state index in [1.54, 1.807) is 11.8 Å². The number of amides is 1. The Hall–Kier alpha value is -1.26. The molecule has 20 heavy (non-hydrogen) atoms. The van der Waals surface area contributed by atoms with Crippen LogP contribution in [0.2, 0.25) is 0 Å². The Labute approximate surface area is 131 Å². The number of hydrogen-bond donors (Lipinski definition) is 0. The van der Waals surface area contributed by atoms with Crippen molar-refractivity contribution in [3.8, 4) is 0 Å². The highest BCUT2D eigenvalue weighted by Gasteiger charge is 2.33. The summed E-state index contributed by atoms with van der Waals surface area (Å²) in [6.45, 7) is 2.05. The maximum Gasteiger partial charge on any atom is 0.238 e. The number of anilines is 1. The van der Waals surface area contributed by atoms with Crippen molar-refractivity contribution in [1.82, 2.24) is 0 Å². The summed E-state index contributed by atoms with van der Waals surface area (Å²) in [5.74, 6) is 0.711. The van der Waals surface area contributed by atoms with E-state index in [2.05, 4.69) is 34.1 Å². The predicted molar refractivity (Wildman–Crippen MR) is 88.0 cm³/mol. The Bertz CT molecular complexity index is 641. The van der Waals surface area contributed by atoms with Gasteiger partial charge in [0.25, 0.3) is 0 Å². The minimum Gasteiger partial charge on any atom is -0.295 e. The lowest BCUT2D eigenvalue weighted by atomic mass is 10.1. The molecule has 0 unspecified atom stereocenters. The summed E-state index contributed by atoms with van der Waals surface area (Å²) < 4.78 is 1.05. The van der Waals surface area contributed by atoms with Crippen LogP contribution in [0.1, 0.15) is 16.5 Å². The van der Waals surface area contributed by atoms with Gasteiger partial charge in [-0.15, -0.1) is 11.8 Å². The van der Waals surface area contributed by atoms with Crippen LogP contribution in [0.5, 0.6) is 0 Å². The highest BCUT2D eigenvalue weighted by Crippen LogP contribution is 2.41. The van der Waals surface area contributed by atoms with Gasteiger partial charge in [-0.05, 0) is 42.3 Å². The molecule has 1 amide bonds. The van der Waals surface area contributed by atoms with E-state index >= 15 is 0 Å². The van der Waals surface area contributed by atoms with E-state index in [9.17, 15) is 4.79 Å². The van der Waals surface area contributed by atoms with Gasteiger partial charge in [-0.3, -0.25) is 9.69 Å². The van der Waals surface area contributed by atoms with Gasteiger partial charge in [0.05, 0.1) is 5.75 Å². The number of carbonyl (C=O) groups is 1. The van der Waals surface area contributed by atoms with E-state index in [0.717, 1.165) is 15.7 Å². The van der Waals surface area contributed by atoms with E-state index in [0.29, 0.717) is 5.75 Å². The molecule has 1 heterocycles. The molecule has 0 aliphatic carbocycles. The van der Waals surface area contributed by atoms with Gasteiger partial charge in [-0.1, -0.05) is 40.2 Å². The minimum absolute atomic E-state index is 0.0670. The second kappa shape index (κ2) is 5.62. The Balaban J connectivity index is 1.98. The maximum absolute atomic E-state index is 12.2. The molecule has 0 aromatic heterocycles. The molecule has 2 aromatic carbocycles. The third-order valence-corrected chi connectivity index (χ3v) is 5.04. The molecule has 4 heteroatoms. The fourth-order valence-electron chi connectivity index (χ4n) is 2.35. The van der Waals surface area contributed by atoms with Crippen molar-refractivity contribution in [2.24, 2.45) is 0 Å². The molecule has 1 fully saturated rings. The summed E-state index contributed by atoms with van der Waals surface area (Å²) in [4.78, 5) is 14.1. The second-order valence-corrected chi connectivity index (χ2v) is 6.80. The average molecular weight is 348 g/mol. The van der Waals surface area contributed by atoms with Crippen LogP contribution < -0.4 is 4.90 Å². The van der Waals surface area contributed by atoms with Gasteiger partial charge in [-0.25, -0.2) is 0 Å². The first-order valence-corrected chi connectivity index (χ1v) is 8.25. The van der Waals surface area contributed by atoms with Gasteiger partial charge >= 0.3 is 0 Å². The fraction of sp³-hybridized carbons (Fsp3) is 0.188. The van der Waals surface area contributed by atoms with Gasteiger partial charge < -0.3 is 0 Å². The Morgan fingerprint density at radius 3 is 2.65 bits per heavy atom. The van der Waals surface area contributed by atoms with E-state index in [4.69, 9.17) is 0 Å². The van der Waals surface area contributed by atoms with E-state index < -0.39 is 0 Å². The number of thioether (sulfide) groups is 1. The van der Waals surface area contributed by atoms with Crippen LogP contribution in [0.15, 0.2) is 53.0 Å². The third kappa shape index (κ3) is 2.63. The zero-order valence-electron chi connectivity index (χ0n) is 11.0. The number of aryl methyl sites for hydroxylation is 1. The van der Waals surface area contributed by atoms with Crippen LogP contribution in [0.4, 0.5) is 5.69 Å². The lowest BCUT2D eigenvalue weighted by Crippen LogP contribution is -2.27. The third-order valence-electron chi connectivity index (χ3n) is 3.30. The normalized spacial score (nSPS) is 18.6. The fourth-order valence-corrected chi connectivity index (χ4v) is 3.80. The van der Waals surface area contributed by atoms with Crippen molar-refractivity contribution in [2.75, 3.05) is 10.7 Å². The second-order valence-electron chi connectivity index (χ2n) is 4.82. The van der Waals surface area contributed by atoms with Gasteiger partial charge in [0.15, 0.2) is 0 Å². The van der Waals surface area contributed by atoms with Crippen LogP contribution in [-0.4, -0.2) is 11.7 Å². The minimum atomic E-state index is 0.0670. The average Bonchev–Trinajstić information content (AvgIpc) is 2.81. The van der Waals surface area contributed by atoms with Gasteiger partial charge in [0, 0.05) is 10.2 Å². The highest BCUT2D eigenvalue weighted by molar-refractivity contribution is 9.10. The number of nitrogens with zero attached hydrogens (tertiary/aromatic N) is 1. The summed E-state index contributed by atoms with van der Waals surface area (Å²) in [5, 5.41) is 0.0670. The Morgan fingerprint density at radius 2 is 1.95 bits per heavy atom. The quantitative estimate of drug-likeness (QED) is 0.794. The van der Waals surface area contributed by atoms with Gasteiger partial charge in [0.1, 0.15) is 5.37 Å². The van der Waals surface area contributed by atoms with Crippen LogP contribution in [0, 0.1) is 6.92 Å². The summed E-state index contributed by atoms with van der Waals surface area (Å²) in [7, 11) is 0. The lowest BCUT2D eigenvalue weighted by Gasteiger charge is -2.24. The largest absolute Gasteiger partial charge is 0.295 e. The lowest BCUT2D eigenvalue weighted by molar-refractivity contribution is -0.115. The zero-order valence-corrected chi connectivity index (χ0v) is 13.4. The molecule has 1 aliphatic rings. The van der Waals surface area contributed by atoms with E-state index in [-0.39, 0.29) is 11.3 Å². The van der Waals surface area contributed by atoms with Crippen LogP contribution in [0.25, 0.3) is 0 Å². The predicted octanol–water partition coefficient (Wildman–Crippen LogP) is 4.54. The molecule has 0 N–H and O–H groups in total. The van der Waals surface area contributed by atoms with Crippen molar-refractivity contribution < 1.29 is 4.79 Å². The molecule has 3 rings (SSSR count). The molecule has 2 nitrogen and oxygen atoms in total. The van der Waals surface area contributed by atoms with Crippen molar-refractivity contribution in [2.45, 2.75) is 12.3 Å². The number of rotatable bonds is 2. The molecule has 0 radical (unpaired) electrons. The highest BCUT2D eigenvalue weighted by atomic mass is 79.9. The van der Waals surface area contributed by atoms with E-state index in [1.807, 2.05) is 42.2 Å². The molecule has 2 aromatic rings. The molecular weight excluding hydrogens is 334 g/mol. The molecule has 0 saturated carbocycles. The summed E-state index contributed by atoms with van der Waals surface area (Å²) in [6.07, 6.45) is 0. The summed E-state index contributed by atoms with van der Waals surface area (Å²) >= 11 is 5.13. The van der Waals surface area contributed by atoms with Crippen molar-refractivity contribution >= 4 is 39.3 Å². The molecular formula is C16H14BrNOS. The summed E-state index contributed by atoms with van der Waals surface area (Å²) in [5.41, 5.74) is 3.31. The van der Waals surface area contributed by atoms with E-state index in [1.165, 1.54) is 5.56 Å². The molecule has 1 saturated heterocycles. The topological polar surface area (TPSA) is 20.3 Å². The summed E-state index contributed by atoms with van der Waals surface area (Å²) in [6, 6.07) is 16.3. The maximum atomic E-state index is 12.2. The molecule has 1 atom stereocenters. The van der Waals surface area contributed by atoms with Gasteiger partial charge in [0.2, 0.25) is 5.91 Å². The first kappa shape index (κ1) is 13.7. The number of carbonyl (C=O) groups excluding carboxylic acids is 1. The first-order valence-electron chi connectivity index (χ1n) is 6.41. The van der Waals surface area contributed by atoms with Crippen LogP contribution in [-0.2, 0) is 4.79 Å². The molecule has 0 spiro atoms. The van der Waals surface area contributed by atoms with Crippen molar-refractivity contribution in [3.05, 3.63) is 64.1 Å². The first-order chi connectivity index (χ1) is 9.65. The number of hydrogen-bond acceptors (Lipinski definition) is 2. The van der Waals surface area contributed by atoms with Crippen molar-refractivity contribution in [1.29, 1.82) is 0 Å². The zero-order chi connectivity index (χ0) is 14.1. The number of benzene rings is 2. The monoisotopic (exact) mass is 347 g/mol. The Kier molecular flexibility index (Phi) is 3.85. The van der Waals surface area contributed by atoms with Gasteiger partial charge in [-0.2, -0.15) is 0 Å². The molecule has 0 bridgehead atoms. The number of halogens is 1. The van der Waals surface area contributed by atoms with Crippen LogP contribution >= 0.6 is 27.7 Å². The Morgan fingerprint density at radius 1 is 1.20 bits per heavy atom. The molecule has 1 aliphatic heterocycles. The molecule has 102 valence electrons. The van der Waals surface area contributed by atoms with Crippen molar-refractivity contribution in [3.63, 3.8) is 0 Å². The SMILES string of the molecule is Cc1cccc(N2C(=O)CS[C@H]2c2ccc(Br)cc2)c1. The standard InChI is InChI=1S/C16H14BrNOS/c1-11-3-2-4-14(9-11)18-15(19)10-20-16(18)12-5-7-13(17)8-6-12/h2-9,16H,10H2,1H3/t16-/m0/s1. The smallest absolute Gasteiger partial charge is 0.238 e. The van der Waals surface area contributed by atoms with Crippen LogP contribution in [0.3, 0.4) is 0 Å².